The van der Waals surface area contributed by atoms with Crippen molar-refractivity contribution in [2.24, 2.45) is 0 Å². The molecular weight excluding hydrogens is 925 g/mol. The number of aromatic nitrogens is 4. The fourth-order valence-corrected chi connectivity index (χ4v) is 11.1. The van der Waals surface area contributed by atoms with Gasteiger partial charge in [-0.1, -0.05) is 216 Å². The average molecular weight is 995 g/mol. The van der Waals surface area contributed by atoms with Gasteiger partial charge in [0.15, 0.2) is 0 Å². The zero-order valence-electron chi connectivity index (χ0n) is 46.2. The smallest absolute Gasteiger partial charge is 0.269 e. The minimum absolute atomic E-state index is 0.0414. The van der Waals surface area contributed by atoms with Crippen LogP contribution in [-0.4, -0.2) is 14.1 Å². The van der Waals surface area contributed by atoms with Crippen LogP contribution in [0.25, 0.3) is 83.4 Å². The van der Waals surface area contributed by atoms with Crippen molar-refractivity contribution in [2.45, 2.75) is 111 Å². The fourth-order valence-electron chi connectivity index (χ4n) is 11.1. The molecule has 5 nitrogen and oxygen atoms in total. The van der Waals surface area contributed by atoms with Crippen LogP contribution < -0.4 is 9.30 Å². The summed E-state index contributed by atoms with van der Waals surface area (Å²) in [5, 5.41) is 2.33. The lowest BCUT2D eigenvalue weighted by atomic mass is 9.78. The topological polar surface area (TPSA) is 35.9 Å². The maximum absolute atomic E-state index is 6.91. The number of pyridine rings is 1. The van der Waals surface area contributed by atoms with E-state index in [9.17, 15) is 0 Å². The van der Waals surface area contributed by atoms with Crippen molar-refractivity contribution in [3.63, 3.8) is 0 Å². The second-order valence-corrected chi connectivity index (χ2v) is 23.7. The molecule has 8 aromatic carbocycles. The van der Waals surface area contributed by atoms with E-state index in [-0.39, 0.29) is 16.2 Å². The number of hydrogen-bond donors (Lipinski definition) is 0. The van der Waals surface area contributed by atoms with E-state index < -0.39 is 0 Å². The zero-order chi connectivity index (χ0) is 53.1. The van der Waals surface area contributed by atoms with Crippen molar-refractivity contribution in [3.8, 4) is 62.1 Å². The van der Waals surface area contributed by atoms with E-state index in [0.717, 1.165) is 85.7 Å². The van der Waals surface area contributed by atoms with Crippen molar-refractivity contribution in [1.29, 1.82) is 0 Å². The molecule has 0 aliphatic heterocycles. The number of ether oxygens (including phenoxy) is 1. The first kappa shape index (κ1) is 50.2. The summed E-state index contributed by atoms with van der Waals surface area (Å²) in [7, 11) is 0. The van der Waals surface area contributed by atoms with Crippen LogP contribution in [0.2, 0.25) is 0 Å². The molecule has 0 N–H and O–H groups in total. The van der Waals surface area contributed by atoms with Crippen LogP contribution in [-0.2, 0) is 16.2 Å². The van der Waals surface area contributed by atoms with Crippen LogP contribution in [0.4, 0.5) is 0 Å². The third-order valence-electron chi connectivity index (χ3n) is 15.5. The average Bonchev–Trinajstić information content (AvgIpc) is 4.00. The first-order chi connectivity index (χ1) is 36.5. The largest absolute Gasteiger partial charge is 0.458 e. The maximum atomic E-state index is 6.91. The lowest BCUT2D eigenvalue weighted by Crippen LogP contribution is -2.31. The molecular formula is C71H70N4O. The monoisotopic (exact) mass is 995 g/mol. The molecule has 0 saturated carbocycles. The highest BCUT2D eigenvalue weighted by Crippen LogP contribution is 2.42. The lowest BCUT2D eigenvalue weighted by Gasteiger charge is -2.27. The first-order valence-corrected chi connectivity index (χ1v) is 27.2. The summed E-state index contributed by atoms with van der Waals surface area (Å²) >= 11 is 0. The predicted octanol–water partition coefficient (Wildman–Crippen LogP) is 18.8. The summed E-state index contributed by atoms with van der Waals surface area (Å²) in [5.74, 6) is 2.76. The van der Waals surface area contributed by atoms with E-state index in [2.05, 4.69) is 284 Å². The Balaban J connectivity index is 1.01. The highest BCUT2D eigenvalue weighted by Gasteiger charge is 2.26. The number of nitrogens with zero attached hydrogens (tertiary/aromatic N) is 4. The number of para-hydroxylation sites is 4. The van der Waals surface area contributed by atoms with Gasteiger partial charge in [-0.2, -0.15) is 0 Å². The quantitative estimate of drug-likeness (QED) is 0.0956. The van der Waals surface area contributed by atoms with E-state index in [1.807, 2.05) is 6.07 Å². The zero-order valence-corrected chi connectivity index (χ0v) is 46.2. The molecule has 5 heteroatoms. The molecule has 0 spiro atoms. The molecule has 0 aliphatic carbocycles. The SMILES string of the molecule is CCC(CC)c1cc(-n2c3ccccc3c3ccc(Oc4cccc(-n5[c-][n+](-c6c(-c7ccccc7)cccc6-c6cc(C(C)(C)C)cc(C(C)(C)C)c6)c6ccccc65)c4)cc32)ncc1-c1ccc(C(C)(C)C)cc1. The van der Waals surface area contributed by atoms with E-state index >= 15 is 0 Å². The second kappa shape index (κ2) is 19.6. The third-order valence-corrected chi connectivity index (χ3v) is 15.5. The Morgan fingerprint density at radius 2 is 1.08 bits per heavy atom. The highest BCUT2D eigenvalue weighted by atomic mass is 16.5. The van der Waals surface area contributed by atoms with Crippen LogP contribution in [0.15, 0.2) is 194 Å². The molecule has 0 aliphatic rings. The predicted molar refractivity (Wildman–Crippen MR) is 318 cm³/mol. The molecule has 380 valence electrons. The molecule has 3 aromatic heterocycles. The van der Waals surface area contributed by atoms with E-state index in [0.29, 0.717) is 5.92 Å². The second-order valence-electron chi connectivity index (χ2n) is 23.7. The van der Waals surface area contributed by atoms with Crippen LogP contribution in [0.3, 0.4) is 0 Å². The number of imidazole rings is 1. The molecule has 0 fully saturated rings. The Hall–Kier alpha value is -8.02. The number of hydrogen-bond acceptors (Lipinski definition) is 2. The normalized spacial score (nSPS) is 12.4. The highest BCUT2D eigenvalue weighted by molar-refractivity contribution is 6.09. The van der Waals surface area contributed by atoms with Crippen molar-refractivity contribution in [3.05, 3.63) is 223 Å². The third kappa shape index (κ3) is 9.42. The molecule has 0 unspecified atom stereocenters. The molecule has 3 heterocycles. The Labute approximate surface area is 450 Å². The van der Waals surface area contributed by atoms with Gasteiger partial charge in [0.2, 0.25) is 0 Å². The molecule has 11 rings (SSSR count). The van der Waals surface area contributed by atoms with Gasteiger partial charge in [-0.15, -0.1) is 0 Å². The fraction of sp³-hybridized carbons (Fsp3) is 0.239. The van der Waals surface area contributed by atoms with Gasteiger partial charge in [-0.05, 0) is 128 Å². The molecule has 11 aromatic rings. The summed E-state index contributed by atoms with van der Waals surface area (Å²) in [6.45, 7) is 25.2. The lowest BCUT2D eigenvalue weighted by molar-refractivity contribution is -0.571. The van der Waals surface area contributed by atoms with E-state index in [4.69, 9.17) is 9.72 Å². The van der Waals surface area contributed by atoms with Crippen molar-refractivity contribution in [2.75, 3.05) is 0 Å². The van der Waals surface area contributed by atoms with Gasteiger partial charge in [0.1, 0.15) is 17.3 Å². The maximum Gasteiger partial charge on any atom is 0.269 e. The standard InChI is InChI=1S/C71H70N4O/c1-12-47(13-2)61-44-67(72-45-62(61)49-33-35-51(36-34-49)69(3,4)5)75-63-30-18-17-27-59(63)60-38-37-56(43-66(60)75)76-55-26-21-25-54(42-55)73-46-74(65-32-20-19-31-64(65)73)68-57(48-23-15-14-16-24-48)28-22-29-58(68)50-39-52(70(6,7)8)41-53(40-50)71(9,10)11/h14-45,47H,12-13H2,1-11H3. The van der Waals surface area contributed by atoms with Gasteiger partial charge >= 0.3 is 0 Å². The number of benzene rings is 8. The van der Waals surface area contributed by atoms with Crippen molar-refractivity contribution >= 4 is 32.8 Å². The Kier molecular flexibility index (Phi) is 12.9. The van der Waals surface area contributed by atoms with Crippen LogP contribution in [0.1, 0.15) is 117 Å². The molecule has 0 bridgehead atoms. The summed E-state index contributed by atoms with van der Waals surface area (Å²) < 4.78 is 13.7. The molecule has 0 saturated heterocycles. The molecule has 76 heavy (non-hydrogen) atoms. The Bertz CT molecular complexity index is 3890. The summed E-state index contributed by atoms with van der Waals surface area (Å²) in [6, 6.07) is 68.2. The van der Waals surface area contributed by atoms with Gasteiger partial charge < -0.3 is 4.74 Å². The van der Waals surface area contributed by atoms with Crippen LogP contribution >= 0.6 is 0 Å². The summed E-state index contributed by atoms with van der Waals surface area (Å²) in [6.07, 6.45) is 8.08. The van der Waals surface area contributed by atoms with Crippen LogP contribution in [0.5, 0.6) is 11.5 Å². The Morgan fingerprint density at radius 3 is 1.76 bits per heavy atom. The molecule has 0 atom stereocenters. The number of rotatable bonds is 11. The Morgan fingerprint density at radius 1 is 0.487 bits per heavy atom. The summed E-state index contributed by atoms with van der Waals surface area (Å²) in [4.78, 5) is 5.27. The van der Waals surface area contributed by atoms with Gasteiger partial charge in [-0.25, -0.2) is 4.98 Å². The molecule has 0 radical (unpaired) electrons. The van der Waals surface area contributed by atoms with E-state index in [1.54, 1.807) is 0 Å². The van der Waals surface area contributed by atoms with Crippen LogP contribution in [0, 0.1) is 6.33 Å². The van der Waals surface area contributed by atoms with Crippen molar-refractivity contribution in [1.82, 2.24) is 14.1 Å². The minimum Gasteiger partial charge on any atom is -0.458 e. The van der Waals surface area contributed by atoms with Gasteiger partial charge in [0, 0.05) is 28.6 Å². The first-order valence-electron chi connectivity index (χ1n) is 27.2. The molecule has 0 amide bonds. The van der Waals surface area contributed by atoms with Gasteiger partial charge in [0.05, 0.1) is 33.4 Å². The minimum atomic E-state index is -0.0414. The van der Waals surface area contributed by atoms with Gasteiger partial charge in [0.25, 0.3) is 6.33 Å². The number of fused-ring (bicyclic) bond motifs is 4. The van der Waals surface area contributed by atoms with Gasteiger partial charge in [-0.3, -0.25) is 13.7 Å². The van der Waals surface area contributed by atoms with E-state index in [1.165, 1.54) is 44.3 Å². The van der Waals surface area contributed by atoms with Crippen molar-refractivity contribution < 1.29 is 9.30 Å². The summed E-state index contributed by atoms with van der Waals surface area (Å²) in [5.41, 5.74) is 18.6.